The maximum Gasteiger partial charge on any atom is 0.153 e. The van der Waals surface area contributed by atoms with E-state index in [2.05, 4.69) is 0 Å². The minimum Gasteiger partial charge on any atom is -0.493 e. The summed E-state index contributed by atoms with van der Waals surface area (Å²) in [5.41, 5.74) is 0.286. The molecule has 2 nitrogen and oxygen atoms in total. The van der Waals surface area contributed by atoms with Crippen LogP contribution in [0.5, 0.6) is 5.75 Å². The van der Waals surface area contributed by atoms with Crippen molar-refractivity contribution in [2.24, 2.45) is 5.92 Å². The van der Waals surface area contributed by atoms with Gasteiger partial charge < -0.3 is 4.74 Å². The first-order valence-electron chi connectivity index (χ1n) is 5.17. The molecule has 3 heteroatoms. The first kappa shape index (κ1) is 10.1. The normalized spacial score (nSPS) is 15.8. The van der Waals surface area contributed by atoms with Crippen LogP contribution in [0.25, 0.3) is 0 Å². The van der Waals surface area contributed by atoms with Crippen LogP contribution in [-0.4, -0.2) is 12.9 Å². The number of carbonyl (C=O) groups excluding carboxylic acids is 1. The van der Waals surface area contributed by atoms with E-state index in [9.17, 15) is 9.18 Å². The minimum absolute atomic E-state index is 0.286. The van der Waals surface area contributed by atoms with Gasteiger partial charge in [-0.3, -0.25) is 4.79 Å². The standard InChI is InChI=1S/C12H13FO2/c13-11-4-5-12(10(6-11)7-14)15-8-9-2-1-3-9/h4-7,9H,1-3,8H2. The van der Waals surface area contributed by atoms with Crippen molar-refractivity contribution in [1.82, 2.24) is 0 Å². The first-order valence-corrected chi connectivity index (χ1v) is 5.17. The van der Waals surface area contributed by atoms with Crippen LogP contribution in [0.2, 0.25) is 0 Å². The lowest BCUT2D eigenvalue weighted by Gasteiger charge is -2.25. The molecule has 1 saturated carbocycles. The summed E-state index contributed by atoms with van der Waals surface area (Å²) in [6, 6.07) is 4.02. The second kappa shape index (κ2) is 4.43. The smallest absolute Gasteiger partial charge is 0.153 e. The summed E-state index contributed by atoms with van der Waals surface area (Å²) < 4.78 is 18.3. The Morgan fingerprint density at radius 3 is 2.87 bits per heavy atom. The molecule has 0 N–H and O–H groups in total. The average Bonchev–Trinajstić information content (AvgIpc) is 2.17. The number of ether oxygens (including phenoxy) is 1. The highest BCUT2D eigenvalue weighted by Crippen LogP contribution is 2.27. The molecule has 0 aromatic heterocycles. The minimum atomic E-state index is -0.409. The third kappa shape index (κ3) is 2.35. The Morgan fingerprint density at radius 1 is 1.47 bits per heavy atom. The van der Waals surface area contributed by atoms with Gasteiger partial charge in [-0.15, -0.1) is 0 Å². The van der Waals surface area contributed by atoms with Crippen LogP contribution in [0.3, 0.4) is 0 Å². The Hall–Kier alpha value is -1.38. The fraction of sp³-hybridized carbons (Fsp3) is 0.417. The quantitative estimate of drug-likeness (QED) is 0.711. The molecule has 1 aliphatic rings. The summed E-state index contributed by atoms with van der Waals surface area (Å²) in [6.07, 6.45) is 4.27. The van der Waals surface area contributed by atoms with E-state index in [1.807, 2.05) is 0 Å². The van der Waals surface area contributed by atoms with Crippen molar-refractivity contribution in [2.45, 2.75) is 19.3 Å². The van der Waals surface area contributed by atoms with Crippen LogP contribution in [0.4, 0.5) is 4.39 Å². The van der Waals surface area contributed by atoms with Gasteiger partial charge in [0.15, 0.2) is 6.29 Å². The van der Waals surface area contributed by atoms with Crippen molar-refractivity contribution in [3.63, 3.8) is 0 Å². The highest BCUT2D eigenvalue weighted by atomic mass is 19.1. The van der Waals surface area contributed by atoms with E-state index in [4.69, 9.17) is 4.74 Å². The fourth-order valence-electron chi connectivity index (χ4n) is 1.61. The summed E-state index contributed by atoms with van der Waals surface area (Å²) in [7, 11) is 0. The summed E-state index contributed by atoms with van der Waals surface area (Å²) in [4.78, 5) is 10.7. The number of benzene rings is 1. The molecule has 2 rings (SSSR count). The molecule has 0 aliphatic heterocycles. The Balaban J connectivity index is 2.02. The Labute approximate surface area is 88.1 Å². The highest BCUT2D eigenvalue weighted by Gasteiger charge is 2.18. The van der Waals surface area contributed by atoms with Crippen molar-refractivity contribution in [3.8, 4) is 5.75 Å². The van der Waals surface area contributed by atoms with Gasteiger partial charge in [0.2, 0.25) is 0 Å². The van der Waals surface area contributed by atoms with Gasteiger partial charge in [-0.25, -0.2) is 4.39 Å². The van der Waals surface area contributed by atoms with Gasteiger partial charge in [-0.1, -0.05) is 6.42 Å². The van der Waals surface area contributed by atoms with Crippen LogP contribution < -0.4 is 4.74 Å². The first-order chi connectivity index (χ1) is 7.29. The molecule has 0 saturated heterocycles. The third-order valence-electron chi connectivity index (χ3n) is 2.80. The third-order valence-corrected chi connectivity index (χ3v) is 2.80. The second-order valence-electron chi connectivity index (χ2n) is 3.91. The van der Waals surface area contributed by atoms with Gasteiger partial charge in [0, 0.05) is 0 Å². The van der Waals surface area contributed by atoms with Gasteiger partial charge in [-0.2, -0.15) is 0 Å². The Kier molecular flexibility index (Phi) is 2.99. The summed E-state index contributed by atoms with van der Waals surface area (Å²) in [5, 5.41) is 0. The lowest BCUT2D eigenvalue weighted by atomic mass is 9.86. The Morgan fingerprint density at radius 2 is 2.27 bits per heavy atom. The SMILES string of the molecule is O=Cc1cc(F)ccc1OCC1CCC1. The van der Waals surface area contributed by atoms with E-state index in [1.165, 1.54) is 37.5 Å². The van der Waals surface area contributed by atoms with Crippen molar-refractivity contribution in [1.29, 1.82) is 0 Å². The van der Waals surface area contributed by atoms with Crippen molar-refractivity contribution in [2.75, 3.05) is 6.61 Å². The highest BCUT2D eigenvalue weighted by molar-refractivity contribution is 5.79. The molecular weight excluding hydrogens is 195 g/mol. The molecule has 1 fully saturated rings. The summed E-state index contributed by atoms with van der Waals surface area (Å²) >= 11 is 0. The number of hydrogen-bond donors (Lipinski definition) is 0. The molecular formula is C12H13FO2. The Bertz CT molecular complexity index is 359. The molecule has 0 atom stereocenters. The molecule has 0 amide bonds. The fourth-order valence-corrected chi connectivity index (χ4v) is 1.61. The molecule has 1 aromatic carbocycles. The van der Waals surface area contributed by atoms with E-state index in [-0.39, 0.29) is 5.56 Å². The summed E-state index contributed by atoms with van der Waals surface area (Å²) in [6.45, 7) is 0.631. The zero-order chi connectivity index (χ0) is 10.7. The molecule has 15 heavy (non-hydrogen) atoms. The largest absolute Gasteiger partial charge is 0.493 e. The zero-order valence-corrected chi connectivity index (χ0v) is 8.41. The maximum absolute atomic E-state index is 12.8. The molecule has 0 bridgehead atoms. The second-order valence-corrected chi connectivity index (χ2v) is 3.91. The predicted octanol–water partition coefficient (Wildman–Crippen LogP) is 2.82. The predicted molar refractivity (Wildman–Crippen MR) is 54.6 cm³/mol. The van der Waals surface area contributed by atoms with Crippen LogP contribution >= 0.6 is 0 Å². The van der Waals surface area contributed by atoms with Gasteiger partial charge in [0.05, 0.1) is 12.2 Å². The van der Waals surface area contributed by atoms with E-state index < -0.39 is 5.82 Å². The van der Waals surface area contributed by atoms with Gasteiger partial charge >= 0.3 is 0 Å². The van der Waals surface area contributed by atoms with Crippen molar-refractivity contribution < 1.29 is 13.9 Å². The van der Waals surface area contributed by atoms with Crippen LogP contribution in [-0.2, 0) is 0 Å². The average molecular weight is 208 g/mol. The monoisotopic (exact) mass is 208 g/mol. The van der Waals surface area contributed by atoms with Gasteiger partial charge in [0.1, 0.15) is 11.6 Å². The van der Waals surface area contributed by atoms with Crippen molar-refractivity contribution in [3.05, 3.63) is 29.6 Å². The van der Waals surface area contributed by atoms with E-state index in [0.717, 1.165) is 0 Å². The van der Waals surface area contributed by atoms with Gasteiger partial charge in [0.25, 0.3) is 0 Å². The van der Waals surface area contributed by atoms with Crippen LogP contribution in [0.1, 0.15) is 29.6 Å². The van der Waals surface area contributed by atoms with E-state index >= 15 is 0 Å². The molecule has 0 heterocycles. The number of hydrogen-bond acceptors (Lipinski definition) is 2. The van der Waals surface area contributed by atoms with E-state index in [1.54, 1.807) is 0 Å². The zero-order valence-electron chi connectivity index (χ0n) is 8.41. The number of carbonyl (C=O) groups is 1. The molecule has 80 valence electrons. The lowest BCUT2D eigenvalue weighted by molar-refractivity contribution is 0.111. The molecule has 0 unspecified atom stereocenters. The molecule has 1 aliphatic carbocycles. The van der Waals surface area contributed by atoms with Crippen molar-refractivity contribution >= 4 is 6.29 Å². The lowest BCUT2D eigenvalue weighted by Crippen LogP contribution is -2.19. The number of aldehydes is 1. The topological polar surface area (TPSA) is 26.3 Å². The van der Waals surface area contributed by atoms with Crippen LogP contribution in [0, 0.1) is 11.7 Å². The van der Waals surface area contributed by atoms with Crippen LogP contribution in [0.15, 0.2) is 18.2 Å². The summed E-state index contributed by atoms with van der Waals surface area (Å²) in [5.74, 6) is 0.681. The molecule has 1 aromatic rings. The van der Waals surface area contributed by atoms with E-state index in [0.29, 0.717) is 24.6 Å². The molecule has 0 spiro atoms. The molecule has 0 radical (unpaired) electrons. The number of rotatable bonds is 4. The maximum atomic E-state index is 12.8. The number of halogens is 1. The van der Waals surface area contributed by atoms with Gasteiger partial charge in [-0.05, 0) is 37.0 Å².